The van der Waals surface area contributed by atoms with Crippen LogP contribution in [0.4, 0.5) is 13.2 Å². The molecule has 35 heavy (non-hydrogen) atoms. The van der Waals surface area contributed by atoms with Crippen molar-refractivity contribution in [2.24, 2.45) is 7.05 Å². The Balaban J connectivity index is 1.30. The number of aryl methyl sites for hydroxylation is 1. The Kier molecular flexibility index (Phi) is 5.77. The second-order valence-corrected chi connectivity index (χ2v) is 7.62. The summed E-state index contributed by atoms with van der Waals surface area (Å²) in [4.78, 5) is 8.20. The van der Waals surface area contributed by atoms with E-state index in [1.807, 2.05) is 41.2 Å². The number of alkyl halides is 3. The third-order valence-corrected chi connectivity index (χ3v) is 5.25. The Labute approximate surface area is 196 Å². The monoisotopic (exact) mass is 481 g/mol. The molecule has 9 nitrogen and oxygen atoms in total. The van der Waals surface area contributed by atoms with Gasteiger partial charge in [-0.1, -0.05) is 29.4 Å². The summed E-state index contributed by atoms with van der Waals surface area (Å²) in [5.74, 6) is 0.699. The van der Waals surface area contributed by atoms with Gasteiger partial charge in [-0.15, -0.1) is 0 Å². The third kappa shape index (κ3) is 4.90. The quantitative estimate of drug-likeness (QED) is 0.340. The van der Waals surface area contributed by atoms with Gasteiger partial charge < -0.3 is 9.26 Å². The normalized spacial score (nSPS) is 11.7. The highest BCUT2D eigenvalue weighted by Gasteiger charge is 2.30. The fourth-order valence-electron chi connectivity index (χ4n) is 3.38. The maximum absolute atomic E-state index is 12.7. The fraction of sp³-hybridized carbons (Fsp3) is 0.174. The van der Waals surface area contributed by atoms with E-state index in [2.05, 4.69) is 25.3 Å². The van der Waals surface area contributed by atoms with Gasteiger partial charge in [0, 0.05) is 37.3 Å². The van der Waals surface area contributed by atoms with Gasteiger partial charge in [-0.05, 0) is 17.7 Å². The van der Waals surface area contributed by atoms with Gasteiger partial charge in [0.25, 0.3) is 5.89 Å². The van der Waals surface area contributed by atoms with Crippen molar-refractivity contribution in [2.45, 2.75) is 19.3 Å². The average molecular weight is 481 g/mol. The largest absolute Gasteiger partial charge is 0.471 e. The maximum Gasteiger partial charge on any atom is 0.417 e. The number of pyridine rings is 1. The molecule has 0 aliphatic carbocycles. The Morgan fingerprint density at radius 1 is 1.03 bits per heavy atom. The second kappa shape index (κ2) is 9.05. The first kappa shape index (κ1) is 22.3. The molecule has 178 valence electrons. The van der Waals surface area contributed by atoms with E-state index in [9.17, 15) is 13.2 Å². The van der Waals surface area contributed by atoms with Gasteiger partial charge >= 0.3 is 6.18 Å². The third-order valence-electron chi connectivity index (χ3n) is 5.25. The second-order valence-electron chi connectivity index (χ2n) is 7.62. The van der Waals surface area contributed by atoms with Crippen LogP contribution in [-0.2, 0) is 26.4 Å². The molecular formula is C23H18F3N7O2. The van der Waals surface area contributed by atoms with E-state index < -0.39 is 11.7 Å². The van der Waals surface area contributed by atoms with Crippen molar-refractivity contribution in [3.05, 3.63) is 84.1 Å². The predicted octanol–water partition coefficient (Wildman–Crippen LogP) is 4.37. The molecule has 0 fully saturated rings. The van der Waals surface area contributed by atoms with Crippen molar-refractivity contribution >= 4 is 0 Å². The minimum absolute atomic E-state index is 0.00988. The first-order valence-electron chi connectivity index (χ1n) is 10.4. The standard InChI is InChI=1S/C23H18F3N7O2/c1-32-19(14-34-20-8-7-17(11-27-20)23(24,25)26)18(12-29-32)22-30-21(31-35-22)16-5-3-15(4-6-16)13-33-10-2-9-28-33/h2-12H,13-14H2,1H3. The molecule has 0 unspecified atom stereocenters. The minimum atomic E-state index is -4.46. The molecule has 0 aliphatic rings. The predicted molar refractivity (Wildman–Crippen MR) is 117 cm³/mol. The molecule has 4 aromatic heterocycles. The van der Waals surface area contributed by atoms with Crippen LogP contribution in [0.15, 0.2) is 71.8 Å². The van der Waals surface area contributed by atoms with E-state index in [0.29, 0.717) is 23.6 Å². The van der Waals surface area contributed by atoms with E-state index in [1.165, 1.54) is 6.07 Å². The number of hydrogen-bond donors (Lipinski definition) is 0. The van der Waals surface area contributed by atoms with Crippen LogP contribution in [0.3, 0.4) is 0 Å². The molecular weight excluding hydrogens is 463 g/mol. The average Bonchev–Trinajstić information content (AvgIpc) is 3.60. The Bertz CT molecular complexity index is 1410. The highest BCUT2D eigenvalue weighted by Crippen LogP contribution is 2.30. The zero-order chi connectivity index (χ0) is 24.4. The summed E-state index contributed by atoms with van der Waals surface area (Å²) >= 11 is 0. The van der Waals surface area contributed by atoms with E-state index in [4.69, 9.17) is 9.26 Å². The van der Waals surface area contributed by atoms with Crippen LogP contribution in [0.1, 0.15) is 16.8 Å². The minimum Gasteiger partial charge on any atom is -0.471 e. The molecule has 12 heteroatoms. The molecule has 0 radical (unpaired) electrons. The number of benzene rings is 1. The smallest absolute Gasteiger partial charge is 0.417 e. The lowest BCUT2D eigenvalue weighted by Gasteiger charge is -2.09. The van der Waals surface area contributed by atoms with Crippen molar-refractivity contribution in [1.29, 1.82) is 0 Å². The maximum atomic E-state index is 12.7. The van der Waals surface area contributed by atoms with Gasteiger partial charge in [-0.3, -0.25) is 9.36 Å². The summed E-state index contributed by atoms with van der Waals surface area (Å²) in [6.07, 6.45) is 1.44. The van der Waals surface area contributed by atoms with Crippen LogP contribution >= 0.6 is 0 Å². The van der Waals surface area contributed by atoms with Crippen LogP contribution in [-0.4, -0.2) is 34.7 Å². The van der Waals surface area contributed by atoms with Crippen molar-refractivity contribution in [1.82, 2.24) is 34.7 Å². The zero-order valence-corrected chi connectivity index (χ0v) is 18.3. The van der Waals surface area contributed by atoms with Gasteiger partial charge in [-0.25, -0.2) is 4.98 Å². The Morgan fingerprint density at radius 2 is 1.86 bits per heavy atom. The molecule has 1 aromatic carbocycles. The molecule has 0 atom stereocenters. The van der Waals surface area contributed by atoms with Crippen LogP contribution < -0.4 is 4.74 Å². The van der Waals surface area contributed by atoms with E-state index in [1.54, 1.807) is 24.1 Å². The first-order chi connectivity index (χ1) is 16.9. The number of aromatic nitrogens is 7. The van der Waals surface area contributed by atoms with Crippen molar-refractivity contribution in [3.63, 3.8) is 0 Å². The number of halogens is 3. The molecule has 0 amide bonds. The number of nitrogens with zero attached hydrogens (tertiary/aromatic N) is 7. The molecule has 0 saturated carbocycles. The molecule has 0 saturated heterocycles. The van der Waals surface area contributed by atoms with Gasteiger partial charge in [0.15, 0.2) is 0 Å². The molecule has 5 aromatic rings. The lowest BCUT2D eigenvalue weighted by Crippen LogP contribution is -2.07. The highest BCUT2D eigenvalue weighted by atomic mass is 19.4. The molecule has 4 heterocycles. The van der Waals surface area contributed by atoms with Crippen LogP contribution in [0.2, 0.25) is 0 Å². The Morgan fingerprint density at radius 3 is 2.54 bits per heavy atom. The lowest BCUT2D eigenvalue weighted by atomic mass is 10.1. The summed E-state index contributed by atoms with van der Waals surface area (Å²) < 4.78 is 52.6. The number of rotatable bonds is 7. The van der Waals surface area contributed by atoms with Gasteiger partial charge in [0.1, 0.15) is 6.61 Å². The van der Waals surface area contributed by atoms with Gasteiger partial charge in [0.05, 0.1) is 29.6 Å². The number of ether oxygens (including phenoxy) is 1. The summed E-state index contributed by atoms with van der Waals surface area (Å²) in [7, 11) is 1.71. The summed E-state index contributed by atoms with van der Waals surface area (Å²) in [6.45, 7) is 0.641. The van der Waals surface area contributed by atoms with Gasteiger partial charge in [0.2, 0.25) is 11.7 Å². The Hall–Kier alpha value is -4.48. The van der Waals surface area contributed by atoms with Gasteiger partial charge in [-0.2, -0.15) is 28.4 Å². The summed E-state index contributed by atoms with van der Waals surface area (Å²) in [5, 5.41) is 12.5. The topological polar surface area (TPSA) is 96.7 Å². The molecule has 0 aliphatic heterocycles. The number of hydrogen-bond acceptors (Lipinski definition) is 7. The molecule has 0 N–H and O–H groups in total. The van der Waals surface area contributed by atoms with Crippen molar-refractivity contribution in [3.8, 4) is 28.7 Å². The van der Waals surface area contributed by atoms with E-state index in [0.717, 1.165) is 23.4 Å². The summed E-state index contributed by atoms with van der Waals surface area (Å²) in [5.41, 5.74) is 2.15. The van der Waals surface area contributed by atoms with Crippen LogP contribution in [0, 0.1) is 0 Å². The lowest BCUT2D eigenvalue weighted by molar-refractivity contribution is -0.137. The van der Waals surface area contributed by atoms with Crippen LogP contribution in [0.5, 0.6) is 5.88 Å². The fourth-order valence-corrected chi connectivity index (χ4v) is 3.38. The van der Waals surface area contributed by atoms with Crippen LogP contribution in [0.25, 0.3) is 22.8 Å². The SMILES string of the molecule is Cn1ncc(-c2nc(-c3ccc(Cn4cccn4)cc3)no2)c1COc1ccc(C(F)(F)F)cn1. The van der Waals surface area contributed by atoms with E-state index >= 15 is 0 Å². The van der Waals surface area contributed by atoms with Crippen molar-refractivity contribution < 1.29 is 22.4 Å². The van der Waals surface area contributed by atoms with E-state index in [-0.39, 0.29) is 18.4 Å². The molecule has 5 rings (SSSR count). The molecule has 0 spiro atoms. The molecule has 0 bridgehead atoms. The first-order valence-corrected chi connectivity index (χ1v) is 10.4. The summed E-state index contributed by atoms with van der Waals surface area (Å²) in [6, 6.07) is 11.7. The zero-order valence-electron chi connectivity index (χ0n) is 18.3. The van der Waals surface area contributed by atoms with Crippen molar-refractivity contribution in [2.75, 3.05) is 0 Å². The highest BCUT2D eigenvalue weighted by molar-refractivity contribution is 5.61.